The van der Waals surface area contributed by atoms with Gasteiger partial charge in [-0.25, -0.2) is 0 Å². The molecule has 1 saturated heterocycles. The predicted molar refractivity (Wildman–Crippen MR) is 81.7 cm³/mol. The van der Waals surface area contributed by atoms with Gasteiger partial charge in [-0.3, -0.25) is 9.78 Å². The molecule has 1 aliphatic rings. The van der Waals surface area contributed by atoms with Crippen LogP contribution in [0.1, 0.15) is 19.3 Å². The standard InChI is InChI=1S/C14H20BrN3O2/c1-20-9-5-14(19)18-7-3-11(4-8-18)17-13-2-6-16-10-12(13)15/h2,6,10-11H,3-5,7-9H2,1H3,(H,16,17). The molecular weight excluding hydrogens is 322 g/mol. The molecule has 2 rings (SSSR count). The number of likely N-dealkylation sites (tertiary alicyclic amines) is 1. The minimum absolute atomic E-state index is 0.190. The maximum absolute atomic E-state index is 11.9. The molecule has 2 heterocycles. The molecule has 1 amide bonds. The summed E-state index contributed by atoms with van der Waals surface area (Å²) >= 11 is 3.48. The van der Waals surface area contributed by atoms with Gasteiger partial charge in [-0.15, -0.1) is 0 Å². The summed E-state index contributed by atoms with van der Waals surface area (Å²) in [6.45, 7) is 2.12. The van der Waals surface area contributed by atoms with E-state index in [0.29, 0.717) is 19.1 Å². The van der Waals surface area contributed by atoms with Crippen LogP contribution in [0.15, 0.2) is 22.9 Å². The molecule has 1 fully saturated rings. The lowest BCUT2D eigenvalue weighted by Crippen LogP contribution is -2.42. The average molecular weight is 342 g/mol. The van der Waals surface area contributed by atoms with Gasteiger partial charge >= 0.3 is 0 Å². The molecule has 0 radical (unpaired) electrons. The van der Waals surface area contributed by atoms with Gasteiger partial charge in [0, 0.05) is 38.6 Å². The molecule has 0 spiro atoms. The summed E-state index contributed by atoms with van der Waals surface area (Å²) in [6.07, 6.45) is 5.97. The highest BCUT2D eigenvalue weighted by Crippen LogP contribution is 2.23. The van der Waals surface area contributed by atoms with Gasteiger partial charge in [0.05, 0.1) is 23.2 Å². The van der Waals surface area contributed by atoms with Crippen LogP contribution in [0, 0.1) is 0 Å². The number of amides is 1. The number of halogens is 1. The zero-order valence-corrected chi connectivity index (χ0v) is 13.2. The van der Waals surface area contributed by atoms with Gasteiger partial charge in [0.15, 0.2) is 0 Å². The first-order valence-electron chi connectivity index (χ1n) is 6.83. The van der Waals surface area contributed by atoms with E-state index in [0.717, 1.165) is 36.1 Å². The number of nitrogens with one attached hydrogen (secondary N) is 1. The fraction of sp³-hybridized carbons (Fsp3) is 0.571. The zero-order valence-electron chi connectivity index (χ0n) is 11.6. The fourth-order valence-corrected chi connectivity index (χ4v) is 2.70. The molecule has 5 nitrogen and oxygen atoms in total. The summed E-state index contributed by atoms with van der Waals surface area (Å²) in [4.78, 5) is 17.9. The molecule has 0 aromatic carbocycles. The number of ether oxygens (including phenoxy) is 1. The van der Waals surface area contributed by atoms with Gasteiger partial charge in [0.25, 0.3) is 0 Å². The van der Waals surface area contributed by atoms with Crippen molar-refractivity contribution in [1.82, 2.24) is 9.88 Å². The molecule has 1 aromatic rings. The molecule has 1 aliphatic heterocycles. The molecule has 110 valence electrons. The number of methoxy groups -OCH3 is 1. The van der Waals surface area contributed by atoms with Gasteiger partial charge in [-0.2, -0.15) is 0 Å². The van der Waals surface area contributed by atoms with E-state index in [1.54, 1.807) is 19.5 Å². The van der Waals surface area contributed by atoms with Gasteiger partial charge in [0.2, 0.25) is 5.91 Å². The van der Waals surface area contributed by atoms with Crippen molar-refractivity contribution in [2.45, 2.75) is 25.3 Å². The largest absolute Gasteiger partial charge is 0.384 e. The van der Waals surface area contributed by atoms with Gasteiger partial charge in [0.1, 0.15) is 0 Å². The lowest BCUT2D eigenvalue weighted by Gasteiger charge is -2.33. The first kappa shape index (κ1) is 15.3. The van der Waals surface area contributed by atoms with E-state index in [1.807, 2.05) is 11.0 Å². The van der Waals surface area contributed by atoms with Crippen molar-refractivity contribution in [1.29, 1.82) is 0 Å². The van der Waals surface area contributed by atoms with E-state index in [9.17, 15) is 4.79 Å². The van der Waals surface area contributed by atoms with Crippen LogP contribution in [0.25, 0.3) is 0 Å². The Kier molecular flexibility index (Phi) is 5.79. The van der Waals surface area contributed by atoms with Crippen LogP contribution in [0.5, 0.6) is 0 Å². The molecule has 0 unspecified atom stereocenters. The average Bonchev–Trinajstić information content (AvgIpc) is 2.48. The van der Waals surface area contributed by atoms with Crippen LogP contribution in [-0.2, 0) is 9.53 Å². The third kappa shape index (κ3) is 4.18. The van der Waals surface area contributed by atoms with Crippen molar-refractivity contribution in [3.05, 3.63) is 22.9 Å². The number of rotatable bonds is 5. The van der Waals surface area contributed by atoms with Crippen LogP contribution in [0.4, 0.5) is 5.69 Å². The van der Waals surface area contributed by atoms with Crippen LogP contribution in [-0.4, -0.2) is 48.6 Å². The van der Waals surface area contributed by atoms with Crippen LogP contribution in [0.2, 0.25) is 0 Å². The third-order valence-corrected chi connectivity index (χ3v) is 4.13. The Hall–Kier alpha value is -1.14. The molecule has 1 N–H and O–H groups in total. The van der Waals surface area contributed by atoms with Crippen molar-refractivity contribution in [2.24, 2.45) is 0 Å². The molecule has 1 aromatic heterocycles. The van der Waals surface area contributed by atoms with Crippen molar-refractivity contribution in [3.8, 4) is 0 Å². The van der Waals surface area contributed by atoms with Crippen LogP contribution < -0.4 is 5.32 Å². The van der Waals surface area contributed by atoms with E-state index in [2.05, 4.69) is 26.2 Å². The minimum atomic E-state index is 0.190. The van der Waals surface area contributed by atoms with Crippen LogP contribution >= 0.6 is 15.9 Å². The molecule has 6 heteroatoms. The zero-order chi connectivity index (χ0) is 14.4. The molecule has 0 saturated carbocycles. The second-order valence-electron chi connectivity index (χ2n) is 4.90. The predicted octanol–water partition coefficient (Wildman–Crippen LogP) is 2.28. The van der Waals surface area contributed by atoms with Crippen molar-refractivity contribution in [2.75, 3.05) is 32.1 Å². The van der Waals surface area contributed by atoms with E-state index in [-0.39, 0.29) is 5.91 Å². The molecular formula is C14H20BrN3O2. The van der Waals surface area contributed by atoms with Gasteiger partial charge < -0.3 is 15.0 Å². The van der Waals surface area contributed by atoms with E-state index in [4.69, 9.17) is 4.74 Å². The van der Waals surface area contributed by atoms with Gasteiger partial charge in [-0.05, 0) is 34.8 Å². The second-order valence-corrected chi connectivity index (χ2v) is 5.75. The number of carbonyl (C=O) groups excluding carboxylic acids is 1. The third-order valence-electron chi connectivity index (χ3n) is 3.50. The molecule has 0 bridgehead atoms. The monoisotopic (exact) mass is 341 g/mol. The Morgan fingerprint density at radius 3 is 2.95 bits per heavy atom. The summed E-state index contributed by atoms with van der Waals surface area (Å²) < 4.78 is 5.92. The number of nitrogens with zero attached hydrogens (tertiary/aromatic N) is 2. The lowest BCUT2D eigenvalue weighted by atomic mass is 10.0. The summed E-state index contributed by atoms with van der Waals surface area (Å²) in [5.41, 5.74) is 1.06. The lowest BCUT2D eigenvalue weighted by molar-refractivity contribution is -0.133. The first-order valence-corrected chi connectivity index (χ1v) is 7.62. The highest BCUT2D eigenvalue weighted by Gasteiger charge is 2.22. The van der Waals surface area contributed by atoms with E-state index >= 15 is 0 Å². The van der Waals surface area contributed by atoms with Gasteiger partial charge in [-0.1, -0.05) is 0 Å². The second kappa shape index (κ2) is 7.59. The number of carbonyl (C=O) groups is 1. The Morgan fingerprint density at radius 1 is 1.55 bits per heavy atom. The highest BCUT2D eigenvalue weighted by atomic mass is 79.9. The summed E-state index contributed by atoms with van der Waals surface area (Å²) in [5, 5.41) is 3.50. The Morgan fingerprint density at radius 2 is 2.30 bits per heavy atom. The Balaban J connectivity index is 1.80. The SMILES string of the molecule is COCCC(=O)N1CCC(Nc2ccncc2Br)CC1. The Bertz CT molecular complexity index is 448. The minimum Gasteiger partial charge on any atom is -0.384 e. The Labute approximate surface area is 127 Å². The highest BCUT2D eigenvalue weighted by molar-refractivity contribution is 9.10. The molecule has 0 atom stereocenters. The number of aromatic nitrogens is 1. The fourth-order valence-electron chi connectivity index (χ4n) is 2.33. The normalized spacial score (nSPS) is 16.2. The topological polar surface area (TPSA) is 54.5 Å². The number of pyridine rings is 1. The first-order chi connectivity index (χ1) is 9.70. The quantitative estimate of drug-likeness (QED) is 0.892. The molecule has 0 aliphatic carbocycles. The van der Waals surface area contributed by atoms with E-state index < -0.39 is 0 Å². The van der Waals surface area contributed by atoms with Crippen molar-refractivity contribution in [3.63, 3.8) is 0 Å². The summed E-state index contributed by atoms with van der Waals surface area (Å²) in [6, 6.07) is 2.36. The van der Waals surface area contributed by atoms with E-state index in [1.165, 1.54) is 0 Å². The molecule has 20 heavy (non-hydrogen) atoms. The number of piperidine rings is 1. The van der Waals surface area contributed by atoms with Crippen molar-refractivity contribution < 1.29 is 9.53 Å². The maximum atomic E-state index is 11.9. The number of hydrogen-bond donors (Lipinski definition) is 1. The van der Waals surface area contributed by atoms with Crippen LogP contribution in [0.3, 0.4) is 0 Å². The van der Waals surface area contributed by atoms with Crippen molar-refractivity contribution >= 4 is 27.5 Å². The number of anilines is 1. The summed E-state index contributed by atoms with van der Waals surface area (Å²) in [7, 11) is 1.62. The smallest absolute Gasteiger partial charge is 0.224 e. The summed E-state index contributed by atoms with van der Waals surface area (Å²) in [5.74, 6) is 0.190. The maximum Gasteiger partial charge on any atom is 0.224 e. The number of hydrogen-bond acceptors (Lipinski definition) is 4.